The van der Waals surface area contributed by atoms with Gasteiger partial charge < -0.3 is 5.11 Å². The van der Waals surface area contributed by atoms with E-state index in [0.717, 1.165) is 4.90 Å². The maximum atomic E-state index is 12.2. The van der Waals surface area contributed by atoms with Crippen LogP contribution in [0.25, 0.3) is 0 Å². The van der Waals surface area contributed by atoms with Crippen molar-refractivity contribution in [2.45, 2.75) is 13.8 Å². The third-order valence-corrected chi connectivity index (χ3v) is 4.03. The maximum absolute atomic E-state index is 12.2. The number of hydrogen-bond acceptors (Lipinski definition) is 4. The minimum atomic E-state index is -1.14. The number of aromatic nitrogens is 1. The summed E-state index contributed by atoms with van der Waals surface area (Å²) in [6.07, 6.45) is 1.25. The number of aromatic carboxylic acids is 1. The number of fused-ring (bicyclic) bond motifs is 1. The maximum Gasteiger partial charge on any atom is 0.354 e. The van der Waals surface area contributed by atoms with E-state index in [4.69, 9.17) is 5.11 Å². The number of hydrogen-bond donors (Lipinski definition) is 1. The summed E-state index contributed by atoms with van der Waals surface area (Å²) in [5.41, 5.74) is -0.0321. The van der Waals surface area contributed by atoms with Crippen LogP contribution >= 0.6 is 0 Å². The summed E-state index contributed by atoms with van der Waals surface area (Å²) >= 11 is 0. The number of pyridine rings is 1. The zero-order chi connectivity index (χ0) is 13.9. The van der Waals surface area contributed by atoms with Gasteiger partial charge in [0.05, 0.1) is 23.7 Å². The summed E-state index contributed by atoms with van der Waals surface area (Å²) in [5.74, 6) is -2.08. The summed E-state index contributed by atoms with van der Waals surface area (Å²) in [6, 6.07) is 2.72. The van der Waals surface area contributed by atoms with Crippen molar-refractivity contribution < 1.29 is 19.5 Å². The van der Waals surface area contributed by atoms with Gasteiger partial charge in [0, 0.05) is 0 Å². The molecule has 98 valence electrons. The Morgan fingerprint density at radius 3 is 2.26 bits per heavy atom. The van der Waals surface area contributed by atoms with Crippen molar-refractivity contribution in [1.82, 2.24) is 4.98 Å². The molecule has 2 unspecified atom stereocenters. The monoisotopic (exact) mass is 260 g/mol. The summed E-state index contributed by atoms with van der Waals surface area (Å²) in [7, 11) is 0. The summed E-state index contributed by atoms with van der Waals surface area (Å²) in [4.78, 5) is 39.8. The lowest BCUT2D eigenvalue weighted by atomic mass is 10.1. The molecule has 1 aromatic heterocycles. The lowest BCUT2D eigenvalue weighted by molar-refractivity contribution is -0.125. The Kier molecular flexibility index (Phi) is 2.12. The average molecular weight is 260 g/mol. The van der Waals surface area contributed by atoms with Crippen LogP contribution in [0.4, 0.5) is 5.69 Å². The van der Waals surface area contributed by atoms with Gasteiger partial charge in [-0.15, -0.1) is 0 Å². The number of piperidine rings is 1. The quantitative estimate of drug-likeness (QED) is 0.799. The molecule has 6 heteroatoms. The third kappa shape index (κ3) is 1.43. The zero-order valence-corrected chi connectivity index (χ0v) is 10.5. The number of carboxylic acid groups (broad SMARTS) is 1. The van der Waals surface area contributed by atoms with Crippen molar-refractivity contribution in [1.29, 1.82) is 0 Å². The minimum Gasteiger partial charge on any atom is -0.477 e. The second-order valence-corrected chi connectivity index (χ2v) is 5.50. The highest BCUT2D eigenvalue weighted by Crippen LogP contribution is 2.63. The molecule has 1 saturated heterocycles. The fourth-order valence-corrected chi connectivity index (χ4v) is 2.85. The molecular formula is C13H12N2O4. The number of amides is 2. The first-order chi connectivity index (χ1) is 8.85. The van der Waals surface area contributed by atoms with E-state index in [2.05, 4.69) is 4.98 Å². The van der Waals surface area contributed by atoms with Gasteiger partial charge in [0.2, 0.25) is 11.8 Å². The van der Waals surface area contributed by atoms with Crippen LogP contribution in [-0.2, 0) is 9.59 Å². The van der Waals surface area contributed by atoms with Crippen molar-refractivity contribution in [3.8, 4) is 0 Å². The molecule has 1 N–H and O–H groups in total. The molecule has 2 aliphatic rings. The normalized spacial score (nSPS) is 27.4. The Hall–Kier alpha value is -2.24. The second kappa shape index (κ2) is 3.40. The Labute approximate surface area is 109 Å². The molecule has 1 saturated carbocycles. The molecule has 1 aromatic rings. The Balaban J connectivity index is 1.91. The first-order valence-corrected chi connectivity index (χ1v) is 5.93. The lowest BCUT2D eigenvalue weighted by Crippen LogP contribution is -2.36. The highest BCUT2D eigenvalue weighted by atomic mass is 16.4. The highest BCUT2D eigenvalue weighted by molar-refractivity contribution is 6.25. The fourth-order valence-electron chi connectivity index (χ4n) is 2.85. The number of anilines is 1. The molecule has 2 atom stereocenters. The highest BCUT2D eigenvalue weighted by Gasteiger charge is 2.72. The van der Waals surface area contributed by atoms with Gasteiger partial charge in [0.15, 0.2) is 0 Å². The van der Waals surface area contributed by atoms with E-state index in [9.17, 15) is 14.4 Å². The molecule has 1 aliphatic carbocycles. The fraction of sp³-hybridized carbons (Fsp3) is 0.385. The van der Waals surface area contributed by atoms with Gasteiger partial charge in [0.1, 0.15) is 5.69 Å². The first kappa shape index (κ1) is 11.8. The smallest absolute Gasteiger partial charge is 0.354 e. The number of carboxylic acids is 1. The zero-order valence-electron chi connectivity index (χ0n) is 10.5. The molecule has 3 rings (SSSR count). The summed E-state index contributed by atoms with van der Waals surface area (Å²) in [6.45, 7) is 3.81. The van der Waals surface area contributed by atoms with E-state index < -0.39 is 5.97 Å². The molecule has 2 fully saturated rings. The van der Waals surface area contributed by atoms with Gasteiger partial charge in [0.25, 0.3) is 0 Å². The average Bonchev–Trinajstić information content (AvgIpc) is 2.80. The second-order valence-electron chi connectivity index (χ2n) is 5.50. The van der Waals surface area contributed by atoms with Crippen molar-refractivity contribution >= 4 is 23.5 Å². The van der Waals surface area contributed by atoms with Crippen LogP contribution < -0.4 is 4.90 Å². The van der Waals surface area contributed by atoms with E-state index >= 15 is 0 Å². The van der Waals surface area contributed by atoms with Crippen LogP contribution in [0, 0.1) is 17.3 Å². The molecule has 0 spiro atoms. The van der Waals surface area contributed by atoms with Gasteiger partial charge in [-0.05, 0) is 17.5 Å². The summed E-state index contributed by atoms with van der Waals surface area (Å²) in [5, 5.41) is 8.75. The van der Waals surface area contributed by atoms with E-state index in [1.807, 2.05) is 13.8 Å². The van der Waals surface area contributed by atoms with Crippen LogP contribution in [0.5, 0.6) is 0 Å². The molecule has 2 amide bonds. The number of carbonyl (C=O) groups is 3. The largest absolute Gasteiger partial charge is 0.477 e. The van der Waals surface area contributed by atoms with E-state index in [-0.39, 0.29) is 34.8 Å². The van der Waals surface area contributed by atoms with Gasteiger partial charge in [-0.2, -0.15) is 0 Å². The molecular weight excluding hydrogens is 248 g/mol. The molecule has 0 radical (unpaired) electrons. The third-order valence-electron chi connectivity index (χ3n) is 4.03. The molecule has 0 aromatic carbocycles. The van der Waals surface area contributed by atoms with Crippen LogP contribution in [0.15, 0.2) is 18.3 Å². The van der Waals surface area contributed by atoms with Crippen LogP contribution in [0.2, 0.25) is 0 Å². The molecule has 19 heavy (non-hydrogen) atoms. The number of rotatable bonds is 2. The molecule has 6 nitrogen and oxygen atoms in total. The Morgan fingerprint density at radius 2 is 1.84 bits per heavy atom. The number of carbonyl (C=O) groups excluding carboxylic acids is 2. The van der Waals surface area contributed by atoms with E-state index in [0.29, 0.717) is 5.69 Å². The Bertz CT molecular complexity index is 582. The van der Waals surface area contributed by atoms with Crippen LogP contribution in [-0.4, -0.2) is 27.9 Å². The van der Waals surface area contributed by atoms with Gasteiger partial charge in [-0.1, -0.05) is 13.8 Å². The first-order valence-electron chi connectivity index (χ1n) is 5.93. The standard InChI is InChI=1S/C13H12N2O4/c1-13(2)8-9(13)11(17)15(10(8)16)6-3-4-7(12(18)19)14-5-6/h3-5,8-9H,1-2H3,(H,18,19). The number of imide groups is 1. The van der Waals surface area contributed by atoms with E-state index in [1.165, 1.54) is 18.3 Å². The van der Waals surface area contributed by atoms with Crippen molar-refractivity contribution in [3.05, 3.63) is 24.0 Å². The predicted molar refractivity (Wildman–Crippen MR) is 64.5 cm³/mol. The summed E-state index contributed by atoms with van der Waals surface area (Å²) < 4.78 is 0. The van der Waals surface area contributed by atoms with Crippen LogP contribution in [0.3, 0.4) is 0 Å². The molecule has 0 bridgehead atoms. The van der Waals surface area contributed by atoms with Crippen molar-refractivity contribution in [3.63, 3.8) is 0 Å². The SMILES string of the molecule is CC1(C)C2C(=O)N(c3ccc(C(=O)O)nc3)C(=O)C21. The topological polar surface area (TPSA) is 87.6 Å². The van der Waals surface area contributed by atoms with Gasteiger partial charge in [-0.25, -0.2) is 14.7 Å². The predicted octanol–water partition coefficient (Wildman–Crippen LogP) is 0.925. The van der Waals surface area contributed by atoms with E-state index in [1.54, 1.807) is 0 Å². The van der Waals surface area contributed by atoms with Crippen molar-refractivity contribution in [2.75, 3.05) is 4.90 Å². The van der Waals surface area contributed by atoms with Gasteiger partial charge in [-0.3, -0.25) is 9.59 Å². The molecule has 2 heterocycles. The van der Waals surface area contributed by atoms with Crippen LogP contribution in [0.1, 0.15) is 24.3 Å². The number of nitrogens with zero attached hydrogens (tertiary/aromatic N) is 2. The Morgan fingerprint density at radius 1 is 1.26 bits per heavy atom. The minimum absolute atomic E-state index is 0.117. The lowest BCUT2D eigenvalue weighted by Gasteiger charge is -2.20. The van der Waals surface area contributed by atoms with Gasteiger partial charge >= 0.3 is 5.97 Å². The van der Waals surface area contributed by atoms with Crippen molar-refractivity contribution in [2.24, 2.45) is 17.3 Å². The molecule has 1 aliphatic heterocycles.